The minimum absolute atomic E-state index is 0.242. The summed E-state index contributed by atoms with van der Waals surface area (Å²) < 4.78 is 7.56. The third kappa shape index (κ3) is 5.71. The lowest BCUT2D eigenvalue weighted by molar-refractivity contribution is 0.145. The Morgan fingerprint density at radius 1 is 1.07 bits per heavy atom. The van der Waals surface area contributed by atoms with Gasteiger partial charge in [0, 0.05) is 57.7 Å². The summed E-state index contributed by atoms with van der Waals surface area (Å²) in [6.07, 6.45) is 6.23. The summed E-state index contributed by atoms with van der Waals surface area (Å²) in [5.41, 5.74) is 1.37. The Labute approximate surface area is 166 Å². The smallest absolute Gasteiger partial charge is 0.223 e. The van der Waals surface area contributed by atoms with Crippen LogP contribution in [-0.2, 0) is 7.05 Å². The Kier molecular flexibility index (Phi) is 6.90. The van der Waals surface area contributed by atoms with Crippen molar-refractivity contribution in [3.63, 3.8) is 0 Å². The van der Waals surface area contributed by atoms with Gasteiger partial charge in [-0.2, -0.15) is 0 Å². The fourth-order valence-corrected chi connectivity index (χ4v) is 3.20. The summed E-state index contributed by atoms with van der Waals surface area (Å²) in [5, 5.41) is 9.44. The second-order valence-corrected chi connectivity index (χ2v) is 7.31. The first-order chi connectivity index (χ1) is 13.5. The SMILES string of the molecule is CN1CCN(CCCOc2ccc(/C=C/c3cc(=O)c(O)cn3C)cc2)CC1. The molecule has 2 heterocycles. The summed E-state index contributed by atoms with van der Waals surface area (Å²) in [6, 6.07) is 9.33. The predicted molar refractivity (Wildman–Crippen MR) is 113 cm³/mol. The van der Waals surface area contributed by atoms with Gasteiger partial charge in [0.05, 0.1) is 6.61 Å². The van der Waals surface area contributed by atoms with Crippen LogP contribution in [0.4, 0.5) is 0 Å². The fraction of sp³-hybridized carbons (Fsp3) is 0.409. The van der Waals surface area contributed by atoms with Gasteiger partial charge in [0.1, 0.15) is 5.75 Å². The summed E-state index contributed by atoms with van der Waals surface area (Å²) >= 11 is 0. The van der Waals surface area contributed by atoms with Crippen molar-refractivity contribution in [2.45, 2.75) is 6.42 Å². The van der Waals surface area contributed by atoms with Crippen LogP contribution in [0.3, 0.4) is 0 Å². The van der Waals surface area contributed by atoms with Crippen molar-refractivity contribution in [1.82, 2.24) is 14.4 Å². The number of aromatic hydroxyl groups is 1. The molecule has 0 spiro atoms. The molecule has 28 heavy (non-hydrogen) atoms. The van der Waals surface area contributed by atoms with E-state index in [1.807, 2.05) is 36.4 Å². The van der Waals surface area contributed by atoms with Crippen molar-refractivity contribution in [3.05, 3.63) is 58.0 Å². The number of pyridine rings is 1. The van der Waals surface area contributed by atoms with Crippen molar-refractivity contribution in [3.8, 4) is 11.5 Å². The second kappa shape index (κ2) is 9.57. The Morgan fingerprint density at radius 2 is 1.79 bits per heavy atom. The number of ether oxygens (including phenoxy) is 1. The molecule has 0 amide bonds. The first-order valence-electron chi connectivity index (χ1n) is 9.73. The molecule has 1 aromatic heterocycles. The number of hydrogen-bond acceptors (Lipinski definition) is 5. The van der Waals surface area contributed by atoms with E-state index in [2.05, 4.69) is 16.8 Å². The summed E-state index contributed by atoms with van der Waals surface area (Å²) in [4.78, 5) is 16.4. The molecule has 1 aliphatic heterocycles. The van der Waals surface area contributed by atoms with Crippen LogP contribution in [-0.4, -0.2) is 65.9 Å². The van der Waals surface area contributed by atoms with Gasteiger partial charge in [-0.25, -0.2) is 0 Å². The van der Waals surface area contributed by atoms with Crippen molar-refractivity contribution in [1.29, 1.82) is 0 Å². The maximum Gasteiger partial charge on any atom is 0.223 e. The molecule has 0 atom stereocenters. The second-order valence-electron chi connectivity index (χ2n) is 7.31. The van der Waals surface area contributed by atoms with Gasteiger partial charge in [-0.1, -0.05) is 18.2 Å². The van der Waals surface area contributed by atoms with E-state index in [4.69, 9.17) is 4.74 Å². The largest absolute Gasteiger partial charge is 0.503 e. The molecule has 1 saturated heterocycles. The van der Waals surface area contributed by atoms with Crippen LogP contribution in [0.25, 0.3) is 12.2 Å². The highest BCUT2D eigenvalue weighted by Gasteiger charge is 2.12. The number of piperazine rings is 1. The minimum Gasteiger partial charge on any atom is -0.503 e. The predicted octanol–water partition coefficient (Wildman–Crippen LogP) is 2.28. The quantitative estimate of drug-likeness (QED) is 0.744. The Hall–Kier alpha value is -2.57. The van der Waals surface area contributed by atoms with Crippen molar-refractivity contribution < 1.29 is 9.84 Å². The van der Waals surface area contributed by atoms with Crippen LogP contribution in [0.1, 0.15) is 17.7 Å². The molecular weight excluding hydrogens is 354 g/mol. The van der Waals surface area contributed by atoms with E-state index in [0.717, 1.165) is 62.8 Å². The summed E-state index contributed by atoms with van der Waals surface area (Å²) in [5.74, 6) is 0.626. The van der Waals surface area contributed by atoms with E-state index < -0.39 is 0 Å². The van der Waals surface area contributed by atoms with Crippen molar-refractivity contribution in [2.75, 3.05) is 46.4 Å². The zero-order chi connectivity index (χ0) is 19.9. The minimum atomic E-state index is -0.377. The van der Waals surface area contributed by atoms with Gasteiger partial charge in [-0.3, -0.25) is 4.79 Å². The van der Waals surface area contributed by atoms with Crippen LogP contribution in [0.5, 0.6) is 11.5 Å². The maximum atomic E-state index is 11.6. The molecule has 3 rings (SSSR count). The van der Waals surface area contributed by atoms with Crippen LogP contribution in [0.2, 0.25) is 0 Å². The van der Waals surface area contributed by atoms with Gasteiger partial charge >= 0.3 is 0 Å². The molecule has 1 aliphatic rings. The van der Waals surface area contributed by atoms with E-state index in [1.54, 1.807) is 11.6 Å². The van der Waals surface area contributed by atoms with Gasteiger partial charge < -0.3 is 24.2 Å². The Morgan fingerprint density at radius 3 is 2.50 bits per heavy atom. The van der Waals surface area contributed by atoms with Crippen molar-refractivity contribution >= 4 is 12.2 Å². The number of hydrogen-bond donors (Lipinski definition) is 1. The zero-order valence-corrected chi connectivity index (χ0v) is 16.7. The molecule has 1 N–H and O–H groups in total. The summed E-state index contributed by atoms with van der Waals surface area (Å²) in [6.45, 7) is 6.38. The molecular formula is C22H29N3O3. The highest BCUT2D eigenvalue weighted by Crippen LogP contribution is 2.15. The lowest BCUT2D eigenvalue weighted by Gasteiger charge is -2.32. The van der Waals surface area contributed by atoms with Crippen LogP contribution < -0.4 is 10.2 Å². The average molecular weight is 383 g/mol. The van der Waals surface area contributed by atoms with E-state index in [1.165, 1.54) is 12.3 Å². The molecule has 0 aliphatic carbocycles. The fourth-order valence-electron chi connectivity index (χ4n) is 3.20. The third-order valence-corrected chi connectivity index (χ3v) is 5.06. The van der Waals surface area contributed by atoms with Gasteiger partial charge in [0.2, 0.25) is 5.43 Å². The molecule has 1 fully saturated rings. The van der Waals surface area contributed by atoms with Crippen LogP contribution in [0, 0.1) is 0 Å². The van der Waals surface area contributed by atoms with E-state index in [0.29, 0.717) is 0 Å². The zero-order valence-electron chi connectivity index (χ0n) is 16.7. The highest BCUT2D eigenvalue weighted by atomic mass is 16.5. The number of aryl methyl sites for hydroxylation is 1. The van der Waals surface area contributed by atoms with E-state index in [-0.39, 0.29) is 11.2 Å². The molecule has 6 nitrogen and oxygen atoms in total. The number of aromatic nitrogens is 1. The number of likely N-dealkylation sites (N-methyl/N-ethyl adjacent to an activating group) is 1. The Balaban J connectivity index is 1.46. The number of benzene rings is 1. The van der Waals surface area contributed by atoms with Gasteiger partial charge in [0.25, 0.3) is 0 Å². The lowest BCUT2D eigenvalue weighted by Crippen LogP contribution is -2.44. The topological polar surface area (TPSA) is 57.9 Å². The van der Waals surface area contributed by atoms with Gasteiger partial charge in [-0.15, -0.1) is 0 Å². The highest BCUT2D eigenvalue weighted by molar-refractivity contribution is 5.68. The van der Waals surface area contributed by atoms with Crippen LogP contribution in [0.15, 0.2) is 41.3 Å². The molecule has 150 valence electrons. The van der Waals surface area contributed by atoms with E-state index in [9.17, 15) is 9.90 Å². The van der Waals surface area contributed by atoms with Gasteiger partial charge in [-0.05, 0) is 37.2 Å². The summed E-state index contributed by atoms with van der Waals surface area (Å²) in [7, 11) is 3.96. The number of nitrogens with zero attached hydrogens (tertiary/aromatic N) is 3. The molecule has 6 heteroatoms. The van der Waals surface area contributed by atoms with Crippen molar-refractivity contribution in [2.24, 2.45) is 7.05 Å². The molecule has 0 radical (unpaired) electrons. The maximum absolute atomic E-state index is 11.6. The molecule has 0 unspecified atom stereocenters. The molecule has 1 aromatic carbocycles. The molecule has 0 bridgehead atoms. The molecule has 2 aromatic rings. The average Bonchev–Trinajstić information content (AvgIpc) is 2.69. The first kappa shape index (κ1) is 20.2. The van der Waals surface area contributed by atoms with Crippen LogP contribution >= 0.6 is 0 Å². The Bertz CT molecular complexity index is 850. The monoisotopic (exact) mass is 383 g/mol. The van der Waals surface area contributed by atoms with E-state index >= 15 is 0 Å². The first-order valence-corrected chi connectivity index (χ1v) is 9.73. The number of rotatable bonds is 7. The molecule has 0 saturated carbocycles. The lowest BCUT2D eigenvalue weighted by atomic mass is 10.2. The van der Waals surface area contributed by atoms with Gasteiger partial charge in [0.15, 0.2) is 5.75 Å². The third-order valence-electron chi connectivity index (χ3n) is 5.06. The normalized spacial score (nSPS) is 15.9. The standard InChI is InChI=1S/C22H29N3O3/c1-23-11-13-25(14-12-23)10-3-15-28-20-8-5-18(6-9-20)4-7-19-16-21(26)22(27)17-24(19)2/h4-9,16-17,27H,3,10-15H2,1-2H3/b7-4+.